The van der Waals surface area contributed by atoms with Crippen molar-refractivity contribution in [3.05, 3.63) is 16.1 Å². The number of hydrogen-bond donors (Lipinski definition) is 2. The van der Waals surface area contributed by atoms with E-state index >= 15 is 0 Å². The van der Waals surface area contributed by atoms with Crippen molar-refractivity contribution in [1.29, 1.82) is 0 Å². The van der Waals surface area contributed by atoms with Crippen molar-refractivity contribution in [2.75, 3.05) is 26.3 Å². The number of hydrogen-bond acceptors (Lipinski definition) is 5. The Morgan fingerprint density at radius 3 is 3.10 bits per heavy atom. The second-order valence-corrected chi connectivity index (χ2v) is 5.64. The Labute approximate surface area is 125 Å². The second kappa shape index (κ2) is 10.8. The van der Waals surface area contributed by atoms with Gasteiger partial charge < -0.3 is 15.2 Å². The van der Waals surface area contributed by atoms with Crippen LogP contribution in [-0.2, 0) is 11.2 Å². The molecule has 1 aromatic rings. The third-order valence-electron chi connectivity index (χ3n) is 2.93. The summed E-state index contributed by atoms with van der Waals surface area (Å²) in [5.74, 6) is 2.62. The molecule has 20 heavy (non-hydrogen) atoms. The molecule has 0 aliphatic heterocycles. The van der Waals surface area contributed by atoms with Crippen LogP contribution < -0.4 is 5.32 Å². The van der Waals surface area contributed by atoms with Crippen molar-refractivity contribution < 1.29 is 9.84 Å². The van der Waals surface area contributed by atoms with E-state index in [1.54, 1.807) is 11.3 Å². The first kappa shape index (κ1) is 17.1. The molecule has 1 heterocycles. The summed E-state index contributed by atoms with van der Waals surface area (Å²) in [5.41, 5.74) is 2.93. The zero-order valence-electron chi connectivity index (χ0n) is 12.1. The molecule has 0 aliphatic rings. The number of rotatable bonds is 11. The second-order valence-electron chi connectivity index (χ2n) is 4.71. The fourth-order valence-electron chi connectivity index (χ4n) is 1.76. The highest BCUT2D eigenvalue weighted by atomic mass is 32.1. The fourth-order valence-corrected chi connectivity index (χ4v) is 2.52. The summed E-state index contributed by atoms with van der Waals surface area (Å²) >= 11 is 1.65. The molecule has 0 aromatic carbocycles. The summed E-state index contributed by atoms with van der Waals surface area (Å²) < 4.78 is 5.48. The Balaban J connectivity index is 1.94. The molecule has 1 atom stereocenters. The summed E-state index contributed by atoms with van der Waals surface area (Å²) in [5, 5.41) is 12.9. The predicted octanol–water partition coefficient (Wildman–Crippen LogP) is 1.76. The molecule has 2 N–H and O–H groups in total. The van der Waals surface area contributed by atoms with E-state index in [0.717, 1.165) is 37.9 Å². The topological polar surface area (TPSA) is 54.4 Å². The summed E-state index contributed by atoms with van der Waals surface area (Å²) in [4.78, 5) is 5.45. The smallest absolute Gasteiger partial charge is 0.0897 e. The van der Waals surface area contributed by atoms with Crippen LogP contribution in [0.25, 0.3) is 0 Å². The molecular formula is C15H24N2O2S. The van der Waals surface area contributed by atoms with E-state index in [1.807, 2.05) is 12.4 Å². The van der Waals surface area contributed by atoms with Crippen LogP contribution in [0.5, 0.6) is 0 Å². The zero-order chi connectivity index (χ0) is 14.6. The van der Waals surface area contributed by atoms with Gasteiger partial charge >= 0.3 is 0 Å². The lowest BCUT2D eigenvalue weighted by Gasteiger charge is -2.12. The largest absolute Gasteiger partial charge is 0.389 e. The molecule has 4 nitrogen and oxygen atoms in total. The zero-order valence-corrected chi connectivity index (χ0v) is 12.9. The summed E-state index contributed by atoms with van der Waals surface area (Å²) in [6.45, 7) is 4.46. The highest BCUT2D eigenvalue weighted by molar-refractivity contribution is 7.09. The lowest BCUT2D eigenvalue weighted by Crippen LogP contribution is -2.31. The van der Waals surface area contributed by atoms with Crippen LogP contribution in [0, 0.1) is 19.3 Å². The van der Waals surface area contributed by atoms with Crippen LogP contribution in [0.2, 0.25) is 0 Å². The van der Waals surface area contributed by atoms with Gasteiger partial charge in [-0.3, -0.25) is 0 Å². The standard InChI is InChI=1S/C15H24N2O2S/c1-3-4-5-6-8-16-10-14(18)11-19-9-7-15-13(2)17-12-20-15/h1,12,14,16,18H,4-11H2,2H3. The van der Waals surface area contributed by atoms with Crippen LogP contribution >= 0.6 is 11.3 Å². The normalized spacial score (nSPS) is 12.2. The first-order chi connectivity index (χ1) is 9.74. The molecule has 0 amide bonds. The Hall–Kier alpha value is -0.930. The minimum atomic E-state index is -0.454. The van der Waals surface area contributed by atoms with Crippen LogP contribution in [0.3, 0.4) is 0 Å². The molecule has 0 bridgehead atoms. The molecular weight excluding hydrogens is 272 g/mol. The van der Waals surface area contributed by atoms with Crippen LogP contribution in [-0.4, -0.2) is 42.5 Å². The van der Waals surface area contributed by atoms with Crippen molar-refractivity contribution in [2.24, 2.45) is 0 Å². The minimum absolute atomic E-state index is 0.370. The predicted molar refractivity (Wildman–Crippen MR) is 82.9 cm³/mol. The molecule has 112 valence electrons. The third-order valence-corrected chi connectivity index (χ3v) is 3.93. The molecule has 1 unspecified atom stereocenters. The number of unbranched alkanes of at least 4 members (excludes halogenated alkanes) is 2. The van der Waals surface area contributed by atoms with E-state index in [2.05, 4.69) is 16.2 Å². The van der Waals surface area contributed by atoms with Gasteiger partial charge in [0.05, 0.1) is 30.5 Å². The highest BCUT2D eigenvalue weighted by Gasteiger charge is 2.05. The molecule has 1 rings (SSSR count). The maximum absolute atomic E-state index is 9.73. The van der Waals surface area contributed by atoms with E-state index in [4.69, 9.17) is 11.2 Å². The molecule has 0 fully saturated rings. The van der Waals surface area contributed by atoms with E-state index in [-0.39, 0.29) is 0 Å². The Morgan fingerprint density at radius 1 is 1.55 bits per heavy atom. The van der Waals surface area contributed by atoms with Crippen LogP contribution in [0.4, 0.5) is 0 Å². The van der Waals surface area contributed by atoms with Crippen molar-refractivity contribution >= 4 is 11.3 Å². The molecule has 0 spiro atoms. The van der Waals surface area contributed by atoms with Crippen molar-refractivity contribution in [2.45, 2.75) is 38.7 Å². The van der Waals surface area contributed by atoms with Gasteiger partial charge in [0.25, 0.3) is 0 Å². The van der Waals surface area contributed by atoms with Gasteiger partial charge in [-0.25, -0.2) is 4.98 Å². The van der Waals surface area contributed by atoms with Gasteiger partial charge in [-0.15, -0.1) is 23.7 Å². The lowest BCUT2D eigenvalue weighted by atomic mass is 10.2. The van der Waals surface area contributed by atoms with E-state index in [1.165, 1.54) is 4.88 Å². The average Bonchev–Trinajstić information content (AvgIpc) is 2.84. The van der Waals surface area contributed by atoms with Crippen molar-refractivity contribution in [3.8, 4) is 12.3 Å². The number of aryl methyl sites for hydroxylation is 1. The van der Waals surface area contributed by atoms with E-state index in [9.17, 15) is 5.11 Å². The number of nitrogens with one attached hydrogen (secondary N) is 1. The quantitative estimate of drug-likeness (QED) is 0.483. The van der Waals surface area contributed by atoms with Gasteiger partial charge in [-0.2, -0.15) is 0 Å². The number of aromatic nitrogens is 1. The maximum atomic E-state index is 9.73. The monoisotopic (exact) mass is 296 g/mol. The molecule has 5 heteroatoms. The van der Waals surface area contributed by atoms with Crippen molar-refractivity contribution in [1.82, 2.24) is 10.3 Å². The number of thiazole rings is 1. The number of aliphatic hydroxyl groups is 1. The first-order valence-corrected chi connectivity index (χ1v) is 7.91. The van der Waals surface area contributed by atoms with Gasteiger partial charge in [-0.1, -0.05) is 0 Å². The van der Waals surface area contributed by atoms with Gasteiger partial charge in [-0.05, 0) is 26.3 Å². The lowest BCUT2D eigenvalue weighted by molar-refractivity contribution is 0.0386. The summed E-state index contributed by atoms with van der Waals surface area (Å²) in [6, 6.07) is 0. The minimum Gasteiger partial charge on any atom is -0.389 e. The number of ether oxygens (including phenoxy) is 1. The highest BCUT2D eigenvalue weighted by Crippen LogP contribution is 2.12. The van der Waals surface area contributed by atoms with Crippen LogP contribution in [0.15, 0.2) is 5.51 Å². The third kappa shape index (κ3) is 7.61. The van der Waals surface area contributed by atoms with Gasteiger partial charge in [0.15, 0.2) is 0 Å². The fraction of sp³-hybridized carbons (Fsp3) is 0.667. The number of aliphatic hydroxyl groups excluding tert-OH is 1. The van der Waals surface area contributed by atoms with E-state index < -0.39 is 6.10 Å². The summed E-state index contributed by atoms with van der Waals surface area (Å²) in [7, 11) is 0. The van der Waals surface area contributed by atoms with Crippen molar-refractivity contribution in [3.63, 3.8) is 0 Å². The Kier molecular flexibility index (Phi) is 9.25. The Bertz CT molecular complexity index is 401. The molecule has 1 aromatic heterocycles. The maximum Gasteiger partial charge on any atom is 0.0897 e. The van der Waals surface area contributed by atoms with Gasteiger partial charge in [0.1, 0.15) is 0 Å². The van der Waals surface area contributed by atoms with Gasteiger partial charge in [0.2, 0.25) is 0 Å². The summed E-state index contributed by atoms with van der Waals surface area (Å²) in [6.07, 6.45) is 8.48. The molecule has 0 radical (unpaired) electrons. The van der Waals surface area contributed by atoms with E-state index in [0.29, 0.717) is 19.8 Å². The first-order valence-electron chi connectivity index (χ1n) is 7.03. The molecule has 0 saturated heterocycles. The molecule has 0 saturated carbocycles. The average molecular weight is 296 g/mol. The van der Waals surface area contributed by atoms with Gasteiger partial charge in [0, 0.05) is 24.3 Å². The number of terminal acetylenes is 1. The number of nitrogens with zero attached hydrogens (tertiary/aromatic N) is 1. The van der Waals surface area contributed by atoms with Crippen LogP contribution in [0.1, 0.15) is 29.8 Å². The Morgan fingerprint density at radius 2 is 2.40 bits per heavy atom. The molecule has 0 aliphatic carbocycles. The SMILES string of the molecule is C#CCCCCNCC(O)COCCc1scnc1C.